The Kier molecular flexibility index (Phi) is 3.35. The number of anilines is 2. The molecule has 0 aliphatic carbocycles. The van der Waals surface area contributed by atoms with Crippen LogP contribution in [0.4, 0.5) is 11.9 Å². The van der Waals surface area contributed by atoms with Crippen LogP contribution in [0.5, 0.6) is 0 Å². The molecule has 3 rings (SSSR count). The third kappa shape index (κ3) is 2.47. The van der Waals surface area contributed by atoms with Crippen molar-refractivity contribution in [1.82, 2.24) is 19.9 Å². The third-order valence-corrected chi connectivity index (χ3v) is 3.16. The van der Waals surface area contributed by atoms with E-state index < -0.39 is 0 Å². The van der Waals surface area contributed by atoms with Gasteiger partial charge in [-0.25, -0.2) is 0 Å². The predicted octanol–water partition coefficient (Wildman–Crippen LogP) is 2.19. The van der Waals surface area contributed by atoms with E-state index in [-0.39, 0.29) is 0 Å². The van der Waals surface area contributed by atoms with Crippen LogP contribution < -0.4 is 10.2 Å². The molecule has 0 aliphatic rings. The number of aromatic nitrogens is 4. The van der Waals surface area contributed by atoms with Gasteiger partial charge in [0.1, 0.15) is 0 Å². The first-order chi connectivity index (χ1) is 10.2. The summed E-state index contributed by atoms with van der Waals surface area (Å²) in [6.07, 6.45) is 3.63. The van der Waals surface area contributed by atoms with Gasteiger partial charge >= 0.3 is 0 Å². The van der Waals surface area contributed by atoms with E-state index in [0.29, 0.717) is 17.7 Å². The molecule has 106 valence electrons. The van der Waals surface area contributed by atoms with Gasteiger partial charge in [-0.15, -0.1) is 0 Å². The first kappa shape index (κ1) is 13.2. The van der Waals surface area contributed by atoms with Crippen LogP contribution >= 0.6 is 0 Å². The summed E-state index contributed by atoms with van der Waals surface area (Å²) < 4.78 is 0. The highest BCUT2D eigenvalue weighted by Gasteiger charge is 2.12. The zero-order valence-corrected chi connectivity index (χ0v) is 12.2. The molecule has 21 heavy (non-hydrogen) atoms. The Labute approximate surface area is 122 Å². The van der Waals surface area contributed by atoms with Crippen molar-refractivity contribution in [3.63, 3.8) is 0 Å². The molecular weight excluding hydrogens is 264 g/mol. The van der Waals surface area contributed by atoms with Gasteiger partial charge in [0, 0.05) is 44.5 Å². The quantitative estimate of drug-likeness (QED) is 0.793. The fourth-order valence-electron chi connectivity index (χ4n) is 2.09. The molecule has 0 unspecified atom stereocenters. The molecule has 0 atom stereocenters. The smallest absolute Gasteiger partial charge is 0.230 e. The molecule has 6 heteroatoms. The van der Waals surface area contributed by atoms with Crippen LogP contribution in [0.2, 0.25) is 0 Å². The summed E-state index contributed by atoms with van der Waals surface area (Å²) in [5.41, 5.74) is 0.898. The first-order valence-corrected chi connectivity index (χ1v) is 6.63. The number of hydrogen-bond acceptors (Lipinski definition) is 6. The molecule has 1 N–H and O–H groups in total. The number of hydrogen-bond donors (Lipinski definition) is 1. The molecule has 0 spiro atoms. The van der Waals surface area contributed by atoms with Crippen molar-refractivity contribution in [1.29, 1.82) is 0 Å². The molecular formula is C15H16N6. The number of nitrogens with one attached hydrogen (secondary N) is 1. The Morgan fingerprint density at radius 2 is 1.81 bits per heavy atom. The lowest BCUT2D eigenvalue weighted by atomic mass is 10.1. The monoisotopic (exact) mass is 280 g/mol. The van der Waals surface area contributed by atoms with Gasteiger partial charge < -0.3 is 10.2 Å². The van der Waals surface area contributed by atoms with Gasteiger partial charge in [-0.2, -0.15) is 15.0 Å². The largest absolute Gasteiger partial charge is 0.357 e. The minimum atomic E-state index is 0.539. The van der Waals surface area contributed by atoms with Crippen LogP contribution in [0.25, 0.3) is 22.2 Å². The summed E-state index contributed by atoms with van der Waals surface area (Å²) in [7, 11) is 5.60. The fraction of sp³-hybridized carbons (Fsp3) is 0.200. The van der Waals surface area contributed by atoms with E-state index in [1.807, 2.05) is 49.5 Å². The third-order valence-electron chi connectivity index (χ3n) is 3.16. The van der Waals surface area contributed by atoms with Crippen LogP contribution in [0.3, 0.4) is 0 Å². The highest BCUT2D eigenvalue weighted by molar-refractivity contribution is 5.94. The molecule has 0 fully saturated rings. The zero-order valence-electron chi connectivity index (χ0n) is 12.2. The van der Waals surface area contributed by atoms with E-state index in [9.17, 15) is 0 Å². The summed E-state index contributed by atoms with van der Waals surface area (Å²) >= 11 is 0. The lowest BCUT2D eigenvalue weighted by Crippen LogP contribution is -2.15. The Balaban J connectivity index is 2.25. The number of rotatable bonds is 3. The van der Waals surface area contributed by atoms with Gasteiger partial charge in [0.25, 0.3) is 0 Å². The molecule has 0 aliphatic heterocycles. The second-order valence-electron chi connectivity index (χ2n) is 4.84. The van der Waals surface area contributed by atoms with Gasteiger partial charge in [0.15, 0.2) is 5.82 Å². The Morgan fingerprint density at radius 3 is 2.57 bits per heavy atom. The molecule has 3 aromatic rings. The predicted molar refractivity (Wildman–Crippen MR) is 84.4 cm³/mol. The second-order valence-corrected chi connectivity index (χ2v) is 4.84. The second kappa shape index (κ2) is 5.32. The summed E-state index contributed by atoms with van der Waals surface area (Å²) in [6.45, 7) is 0. The van der Waals surface area contributed by atoms with Crippen molar-refractivity contribution < 1.29 is 0 Å². The van der Waals surface area contributed by atoms with E-state index in [0.717, 1.165) is 16.3 Å². The molecule has 0 saturated heterocycles. The molecule has 1 aromatic carbocycles. The molecule has 0 saturated carbocycles. The average Bonchev–Trinajstić information content (AvgIpc) is 2.53. The highest BCUT2D eigenvalue weighted by atomic mass is 15.3. The van der Waals surface area contributed by atoms with Crippen LogP contribution in [0.15, 0.2) is 36.7 Å². The zero-order chi connectivity index (χ0) is 14.8. The average molecular weight is 280 g/mol. The van der Waals surface area contributed by atoms with Crippen molar-refractivity contribution in [2.24, 2.45) is 0 Å². The summed E-state index contributed by atoms with van der Waals surface area (Å²) in [4.78, 5) is 19.4. The maximum absolute atomic E-state index is 4.52. The first-order valence-electron chi connectivity index (χ1n) is 6.63. The molecule has 0 amide bonds. The lowest BCUT2D eigenvalue weighted by Gasteiger charge is -2.13. The topological polar surface area (TPSA) is 66.8 Å². The minimum absolute atomic E-state index is 0.539. The molecule has 0 bridgehead atoms. The number of nitrogens with zero attached hydrogens (tertiary/aromatic N) is 5. The van der Waals surface area contributed by atoms with Gasteiger partial charge in [-0.05, 0) is 5.39 Å². The highest BCUT2D eigenvalue weighted by Crippen LogP contribution is 2.26. The minimum Gasteiger partial charge on any atom is -0.357 e. The van der Waals surface area contributed by atoms with Crippen molar-refractivity contribution in [2.45, 2.75) is 0 Å². The Hall–Kier alpha value is -2.76. The van der Waals surface area contributed by atoms with Crippen LogP contribution in [-0.2, 0) is 0 Å². The van der Waals surface area contributed by atoms with Gasteiger partial charge in [-0.3, -0.25) is 4.98 Å². The number of benzene rings is 1. The Bertz CT molecular complexity index is 779. The van der Waals surface area contributed by atoms with E-state index in [1.165, 1.54) is 0 Å². The van der Waals surface area contributed by atoms with Crippen molar-refractivity contribution >= 4 is 22.7 Å². The molecule has 2 aromatic heterocycles. The van der Waals surface area contributed by atoms with E-state index >= 15 is 0 Å². The van der Waals surface area contributed by atoms with Crippen LogP contribution in [0.1, 0.15) is 0 Å². The van der Waals surface area contributed by atoms with E-state index in [2.05, 4.69) is 25.3 Å². The standard InChI is InChI=1S/C15H16N6/c1-16-14-18-13(19-15(20-14)21(2)3)12-9-17-8-10-6-4-5-7-11(10)12/h4-9H,1-3H3,(H,16,18,19,20). The van der Waals surface area contributed by atoms with E-state index in [4.69, 9.17) is 0 Å². The van der Waals surface area contributed by atoms with Crippen LogP contribution in [0, 0.1) is 0 Å². The normalized spacial score (nSPS) is 10.6. The van der Waals surface area contributed by atoms with Gasteiger partial charge in [0.05, 0.1) is 0 Å². The lowest BCUT2D eigenvalue weighted by molar-refractivity contribution is 0.963. The van der Waals surface area contributed by atoms with Crippen molar-refractivity contribution in [3.8, 4) is 11.4 Å². The van der Waals surface area contributed by atoms with Gasteiger partial charge in [0.2, 0.25) is 11.9 Å². The number of pyridine rings is 1. The number of fused-ring (bicyclic) bond motifs is 1. The summed E-state index contributed by atoms with van der Waals surface area (Å²) in [5, 5.41) is 5.11. The Morgan fingerprint density at radius 1 is 1.00 bits per heavy atom. The van der Waals surface area contributed by atoms with Crippen molar-refractivity contribution in [3.05, 3.63) is 36.7 Å². The maximum atomic E-state index is 4.52. The maximum Gasteiger partial charge on any atom is 0.230 e. The van der Waals surface area contributed by atoms with Crippen molar-refractivity contribution in [2.75, 3.05) is 31.4 Å². The summed E-state index contributed by atoms with van der Waals surface area (Å²) in [5.74, 6) is 1.76. The molecule has 2 heterocycles. The van der Waals surface area contributed by atoms with Crippen LogP contribution in [-0.4, -0.2) is 41.1 Å². The summed E-state index contributed by atoms with van der Waals surface area (Å²) in [6, 6.07) is 8.06. The fourth-order valence-corrected chi connectivity index (χ4v) is 2.09. The SMILES string of the molecule is CNc1nc(-c2cncc3ccccc23)nc(N(C)C)n1. The molecule has 6 nitrogen and oxygen atoms in total. The van der Waals surface area contributed by atoms with E-state index in [1.54, 1.807) is 13.2 Å². The molecule has 0 radical (unpaired) electrons. The van der Waals surface area contributed by atoms with Gasteiger partial charge in [-0.1, -0.05) is 24.3 Å².